The maximum Gasteiger partial charge on any atom is 0.407 e. The molecule has 1 heterocycles. The first-order valence-corrected chi connectivity index (χ1v) is 11.9. The molecule has 2 aromatic rings. The van der Waals surface area contributed by atoms with Gasteiger partial charge in [0.2, 0.25) is 5.91 Å². The number of carbonyl (C=O) groups excluding carboxylic acids is 2. The van der Waals surface area contributed by atoms with Crippen LogP contribution < -0.4 is 5.32 Å². The minimum absolute atomic E-state index is 0.0179. The lowest BCUT2D eigenvalue weighted by atomic mass is 9.89. The molecule has 1 aliphatic heterocycles. The fourth-order valence-corrected chi connectivity index (χ4v) is 5.06. The number of hydrogen-bond donors (Lipinski definition) is 2. The van der Waals surface area contributed by atoms with Crippen LogP contribution in [0.3, 0.4) is 0 Å². The summed E-state index contributed by atoms with van der Waals surface area (Å²) in [4.78, 5) is 38.6. The van der Waals surface area contributed by atoms with E-state index in [2.05, 4.69) is 24.4 Å². The molecule has 186 valence electrons. The lowest BCUT2D eigenvalue weighted by molar-refractivity contribution is -0.138. The number of amides is 2. The first kappa shape index (κ1) is 24.7. The van der Waals surface area contributed by atoms with Crippen LogP contribution in [0.4, 0.5) is 4.79 Å². The molecule has 2 aromatic carbocycles. The Kier molecular flexibility index (Phi) is 7.40. The molecule has 8 heteroatoms. The Morgan fingerprint density at radius 3 is 2.34 bits per heavy atom. The molecule has 0 bridgehead atoms. The highest BCUT2D eigenvalue weighted by molar-refractivity contribution is 5.86. The van der Waals surface area contributed by atoms with Gasteiger partial charge in [-0.2, -0.15) is 0 Å². The van der Waals surface area contributed by atoms with E-state index in [0.29, 0.717) is 19.8 Å². The number of ether oxygens (including phenoxy) is 2. The standard InChI is InChI=1S/C27H32N2O6/c1-27(13-14-34-17-27)16-29(2)25(32)23(11-12-24(30)31)28-26(33)35-15-22-20-9-5-3-7-18(20)19-8-4-6-10-21(19)22/h3-10,22-23H,11-17H2,1-2H3,(H,28,33)(H,30,31). The molecule has 2 amide bonds. The molecule has 2 atom stereocenters. The van der Waals surface area contributed by atoms with Crippen LogP contribution in [-0.4, -0.2) is 67.4 Å². The summed E-state index contributed by atoms with van der Waals surface area (Å²) >= 11 is 0. The van der Waals surface area contributed by atoms with Crippen LogP contribution >= 0.6 is 0 Å². The van der Waals surface area contributed by atoms with Gasteiger partial charge in [0.25, 0.3) is 0 Å². The minimum atomic E-state index is -1.03. The number of hydrogen-bond acceptors (Lipinski definition) is 5. The molecule has 2 aliphatic rings. The van der Waals surface area contributed by atoms with Crippen molar-refractivity contribution in [1.29, 1.82) is 0 Å². The summed E-state index contributed by atoms with van der Waals surface area (Å²) in [5.74, 6) is -1.48. The average Bonchev–Trinajstić information content (AvgIpc) is 3.41. The van der Waals surface area contributed by atoms with Crippen molar-refractivity contribution in [2.75, 3.05) is 33.4 Å². The molecule has 4 rings (SSSR count). The second kappa shape index (κ2) is 10.5. The minimum Gasteiger partial charge on any atom is -0.481 e. The van der Waals surface area contributed by atoms with Crippen LogP contribution in [-0.2, 0) is 19.1 Å². The normalized spacial score (nSPS) is 19.5. The smallest absolute Gasteiger partial charge is 0.407 e. The topological polar surface area (TPSA) is 105 Å². The number of carbonyl (C=O) groups is 3. The zero-order valence-electron chi connectivity index (χ0n) is 20.2. The third-order valence-electron chi connectivity index (χ3n) is 6.88. The summed E-state index contributed by atoms with van der Waals surface area (Å²) in [6.07, 6.45) is -0.159. The highest BCUT2D eigenvalue weighted by Gasteiger charge is 2.35. The quantitative estimate of drug-likeness (QED) is 0.568. The first-order valence-electron chi connectivity index (χ1n) is 11.9. The van der Waals surface area contributed by atoms with Crippen molar-refractivity contribution in [3.8, 4) is 11.1 Å². The molecule has 1 fully saturated rings. The Morgan fingerprint density at radius 2 is 1.77 bits per heavy atom. The maximum atomic E-state index is 13.1. The van der Waals surface area contributed by atoms with Gasteiger partial charge in [0.15, 0.2) is 0 Å². The highest BCUT2D eigenvalue weighted by Crippen LogP contribution is 2.44. The largest absolute Gasteiger partial charge is 0.481 e. The lowest BCUT2D eigenvalue weighted by Gasteiger charge is -2.31. The van der Waals surface area contributed by atoms with E-state index < -0.39 is 18.1 Å². The van der Waals surface area contributed by atoms with E-state index in [0.717, 1.165) is 28.7 Å². The number of carboxylic acid groups (broad SMARTS) is 1. The van der Waals surface area contributed by atoms with Gasteiger partial charge in [0.1, 0.15) is 12.6 Å². The third-order valence-corrected chi connectivity index (χ3v) is 6.88. The van der Waals surface area contributed by atoms with Gasteiger partial charge < -0.3 is 24.8 Å². The number of nitrogens with zero attached hydrogens (tertiary/aromatic N) is 1. The molecule has 8 nitrogen and oxygen atoms in total. The van der Waals surface area contributed by atoms with Gasteiger partial charge >= 0.3 is 12.1 Å². The van der Waals surface area contributed by atoms with Crippen molar-refractivity contribution in [2.24, 2.45) is 5.41 Å². The molecule has 0 saturated carbocycles. The molecular weight excluding hydrogens is 448 g/mol. The van der Waals surface area contributed by atoms with Crippen LogP contribution in [0.25, 0.3) is 11.1 Å². The van der Waals surface area contributed by atoms with Gasteiger partial charge in [-0.25, -0.2) is 4.79 Å². The van der Waals surface area contributed by atoms with E-state index >= 15 is 0 Å². The predicted molar refractivity (Wildman–Crippen MR) is 130 cm³/mol. The third kappa shape index (κ3) is 5.65. The second-order valence-corrected chi connectivity index (χ2v) is 9.76. The number of aliphatic carboxylic acids is 1. The van der Waals surface area contributed by atoms with Gasteiger partial charge in [-0.15, -0.1) is 0 Å². The molecule has 35 heavy (non-hydrogen) atoms. The van der Waals surface area contributed by atoms with Gasteiger partial charge in [0, 0.05) is 38.0 Å². The van der Waals surface area contributed by atoms with Crippen molar-refractivity contribution in [1.82, 2.24) is 10.2 Å². The summed E-state index contributed by atoms with van der Waals surface area (Å²) in [5.41, 5.74) is 4.26. The Balaban J connectivity index is 1.41. The van der Waals surface area contributed by atoms with Crippen LogP contribution in [0.15, 0.2) is 48.5 Å². The van der Waals surface area contributed by atoms with Crippen molar-refractivity contribution in [3.05, 3.63) is 59.7 Å². The number of nitrogens with one attached hydrogen (secondary N) is 1. The number of likely N-dealkylation sites (N-methyl/N-ethyl adjacent to an activating group) is 1. The van der Waals surface area contributed by atoms with Gasteiger partial charge in [-0.05, 0) is 35.1 Å². The van der Waals surface area contributed by atoms with Crippen LogP contribution in [0.5, 0.6) is 0 Å². The molecule has 0 radical (unpaired) electrons. The predicted octanol–water partition coefficient (Wildman–Crippen LogP) is 3.64. The zero-order valence-corrected chi connectivity index (χ0v) is 20.2. The molecule has 1 saturated heterocycles. The summed E-state index contributed by atoms with van der Waals surface area (Å²) < 4.78 is 11.0. The average molecular weight is 481 g/mol. The number of benzene rings is 2. The molecule has 0 aromatic heterocycles. The summed E-state index contributed by atoms with van der Waals surface area (Å²) in [6.45, 7) is 3.84. The number of rotatable bonds is 9. The molecule has 0 spiro atoms. The maximum absolute atomic E-state index is 13.1. The molecule has 2 N–H and O–H groups in total. The Morgan fingerprint density at radius 1 is 1.14 bits per heavy atom. The fourth-order valence-electron chi connectivity index (χ4n) is 5.06. The SMILES string of the molecule is CN(CC1(C)CCOC1)C(=O)C(CCC(=O)O)NC(=O)OCC1c2ccccc2-c2ccccc21. The van der Waals surface area contributed by atoms with Crippen molar-refractivity contribution < 1.29 is 29.0 Å². The summed E-state index contributed by atoms with van der Waals surface area (Å²) in [7, 11) is 1.67. The second-order valence-electron chi connectivity index (χ2n) is 9.76. The van der Waals surface area contributed by atoms with Gasteiger partial charge in [-0.1, -0.05) is 55.5 Å². The number of carboxylic acids is 1. The van der Waals surface area contributed by atoms with Crippen molar-refractivity contribution >= 4 is 18.0 Å². The Bertz CT molecular complexity index is 1050. The zero-order chi connectivity index (χ0) is 25.0. The van der Waals surface area contributed by atoms with Crippen molar-refractivity contribution in [2.45, 2.75) is 38.1 Å². The molecular formula is C27H32N2O6. The Labute approximate surface area is 205 Å². The van der Waals surface area contributed by atoms with Crippen LogP contribution in [0, 0.1) is 5.41 Å². The van der Waals surface area contributed by atoms with E-state index in [4.69, 9.17) is 14.6 Å². The summed E-state index contributed by atoms with van der Waals surface area (Å²) in [5, 5.41) is 11.8. The summed E-state index contributed by atoms with van der Waals surface area (Å²) in [6, 6.07) is 15.1. The number of alkyl carbamates (subject to hydrolysis) is 1. The lowest BCUT2D eigenvalue weighted by Crippen LogP contribution is -2.50. The van der Waals surface area contributed by atoms with E-state index in [-0.39, 0.29) is 36.7 Å². The highest BCUT2D eigenvalue weighted by atomic mass is 16.5. The van der Waals surface area contributed by atoms with Crippen LogP contribution in [0.1, 0.15) is 43.2 Å². The van der Waals surface area contributed by atoms with E-state index in [1.807, 2.05) is 36.4 Å². The van der Waals surface area contributed by atoms with Gasteiger partial charge in [-0.3, -0.25) is 9.59 Å². The number of fused-ring (bicyclic) bond motifs is 3. The van der Waals surface area contributed by atoms with E-state index in [9.17, 15) is 14.4 Å². The Hall–Kier alpha value is -3.39. The molecule has 1 aliphatic carbocycles. The van der Waals surface area contributed by atoms with Crippen molar-refractivity contribution in [3.63, 3.8) is 0 Å². The van der Waals surface area contributed by atoms with Crippen LogP contribution in [0.2, 0.25) is 0 Å². The van der Waals surface area contributed by atoms with E-state index in [1.165, 1.54) is 0 Å². The molecule has 2 unspecified atom stereocenters. The first-order chi connectivity index (χ1) is 16.8. The van der Waals surface area contributed by atoms with E-state index in [1.54, 1.807) is 11.9 Å². The fraction of sp³-hybridized carbons (Fsp3) is 0.444. The monoisotopic (exact) mass is 480 g/mol. The van der Waals surface area contributed by atoms with Gasteiger partial charge in [0.05, 0.1) is 6.61 Å².